The van der Waals surface area contributed by atoms with Gasteiger partial charge in [0.15, 0.2) is 0 Å². The molecule has 0 bridgehead atoms. The summed E-state index contributed by atoms with van der Waals surface area (Å²) in [5, 5.41) is 2.48. The zero-order chi connectivity index (χ0) is 12.3. The van der Waals surface area contributed by atoms with E-state index in [1.165, 1.54) is 12.8 Å². The molecule has 17 heavy (non-hydrogen) atoms. The van der Waals surface area contributed by atoms with Crippen LogP contribution in [0.5, 0.6) is 0 Å². The molecule has 1 amide bonds. The average molecular weight is 242 g/mol. The largest absolute Gasteiger partial charge is 0.448 e. The standard InChI is InChI=1S/C12H22N2O3/c1-13-11(15)17-8-10-4-6-12(9-16-2)5-3-7-14(10)12/h10H,3-9H2,1-2H3,(H,13,15)/t10?,12-/m1/s1. The molecule has 0 aliphatic carbocycles. The van der Waals surface area contributed by atoms with Crippen molar-refractivity contribution < 1.29 is 14.3 Å². The van der Waals surface area contributed by atoms with Crippen LogP contribution in [0.2, 0.25) is 0 Å². The van der Waals surface area contributed by atoms with Gasteiger partial charge in [0.1, 0.15) is 6.61 Å². The van der Waals surface area contributed by atoms with E-state index in [1.807, 2.05) is 0 Å². The van der Waals surface area contributed by atoms with E-state index in [9.17, 15) is 4.79 Å². The monoisotopic (exact) mass is 242 g/mol. The maximum Gasteiger partial charge on any atom is 0.406 e. The Kier molecular flexibility index (Phi) is 3.89. The topological polar surface area (TPSA) is 50.8 Å². The van der Waals surface area contributed by atoms with Gasteiger partial charge in [0.25, 0.3) is 0 Å². The van der Waals surface area contributed by atoms with Gasteiger partial charge in [-0.15, -0.1) is 0 Å². The SMILES string of the molecule is CNC(=O)OCC1CC[C@@]2(COC)CCCN12. The van der Waals surface area contributed by atoms with E-state index in [4.69, 9.17) is 9.47 Å². The van der Waals surface area contributed by atoms with Gasteiger partial charge in [-0.1, -0.05) is 0 Å². The maximum absolute atomic E-state index is 11.1. The van der Waals surface area contributed by atoms with Crippen LogP contribution >= 0.6 is 0 Å². The number of nitrogens with one attached hydrogen (secondary N) is 1. The second kappa shape index (κ2) is 5.23. The van der Waals surface area contributed by atoms with Crippen molar-refractivity contribution in [3.8, 4) is 0 Å². The molecular weight excluding hydrogens is 220 g/mol. The molecule has 2 heterocycles. The second-order valence-corrected chi connectivity index (χ2v) is 5.00. The fourth-order valence-electron chi connectivity index (χ4n) is 3.30. The summed E-state index contributed by atoms with van der Waals surface area (Å²) in [5.41, 5.74) is 0.214. The molecule has 0 aromatic carbocycles. The van der Waals surface area contributed by atoms with Crippen LogP contribution in [0.3, 0.4) is 0 Å². The Morgan fingerprint density at radius 3 is 3.06 bits per heavy atom. The first kappa shape index (κ1) is 12.6. The number of methoxy groups -OCH3 is 1. The number of carbonyl (C=O) groups is 1. The summed E-state index contributed by atoms with van der Waals surface area (Å²) < 4.78 is 10.5. The second-order valence-electron chi connectivity index (χ2n) is 5.00. The number of alkyl carbamates (subject to hydrolysis) is 1. The van der Waals surface area contributed by atoms with Crippen molar-refractivity contribution in [2.75, 3.05) is 33.9 Å². The van der Waals surface area contributed by atoms with E-state index >= 15 is 0 Å². The third-order valence-corrected chi connectivity index (χ3v) is 4.06. The highest BCUT2D eigenvalue weighted by Gasteiger charge is 2.49. The average Bonchev–Trinajstić information content (AvgIpc) is 2.85. The van der Waals surface area contributed by atoms with Crippen LogP contribution in [0.25, 0.3) is 0 Å². The summed E-state index contributed by atoms with van der Waals surface area (Å²) in [5.74, 6) is 0. The molecule has 0 radical (unpaired) electrons. The zero-order valence-corrected chi connectivity index (χ0v) is 10.7. The molecule has 0 saturated carbocycles. The highest BCUT2D eigenvalue weighted by Crippen LogP contribution is 2.42. The van der Waals surface area contributed by atoms with Crippen molar-refractivity contribution in [2.24, 2.45) is 0 Å². The maximum atomic E-state index is 11.1. The Bertz CT molecular complexity index is 285. The summed E-state index contributed by atoms with van der Waals surface area (Å²) >= 11 is 0. The van der Waals surface area contributed by atoms with Crippen molar-refractivity contribution in [3.05, 3.63) is 0 Å². The summed E-state index contributed by atoms with van der Waals surface area (Å²) in [6, 6.07) is 0.366. The van der Waals surface area contributed by atoms with E-state index in [2.05, 4.69) is 10.2 Å². The summed E-state index contributed by atoms with van der Waals surface area (Å²) in [4.78, 5) is 13.6. The Hall–Kier alpha value is -0.810. The number of nitrogens with zero attached hydrogens (tertiary/aromatic N) is 1. The number of ether oxygens (including phenoxy) is 2. The number of hydrogen-bond acceptors (Lipinski definition) is 4. The fourth-order valence-corrected chi connectivity index (χ4v) is 3.30. The Morgan fingerprint density at radius 1 is 1.53 bits per heavy atom. The van der Waals surface area contributed by atoms with Crippen LogP contribution in [0, 0.1) is 0 Å². The molecule has 0 aromatic heterocycles. The number of carbonyl (C=O) groups excluding carboxylic acids is 1. The van der Waals surface area contributed by atoms with E-state index < -0.39 is 0 Å². The van der Waals surface area contributed by atoms with Crippen LogP contribution in [-0.4, -0.2) is 56.5 Å². The first-order valence-electron chi connectivity index (χ1n) is 6.32. The molecule has 98 valence electrons. The first-order chi connectivity index (χ1) is 8.22. The molecule has 1 N–H and O–H groups in total. The van der Waals surface area contributed by atoms with Gasteiger partial charge in [0, 0.05) is 25.7 Å². The third-order valence-electron chi connectivity index (χ3n) is 4.06. The number of amides is 1. The molecule has 2 atom stereocenters. The van der Waals surface area contributed by atoms with Crippen LogP contribution in [-0.2, 0) is 9.47 Å². The predicted octanol–water partition coefficient (Wildman–Crippen LogP) is 0.986. The molecule has 2 fully saturated rings. The lowest BCUT2D eigenvalue weighted by atomic mass is 9.95. The lowest BCUT2D eigenvalue weighted by Crippen LogP contribution is -2.47. The molecular formula is C12H22N2O3. The van der Waals surface area contributed by atoms with Crippen LogP contribution < -0.4 is 5.32 Å². The van der Waals surface area contributed by atoms with Gasteiger partial charge in [0.05, 0.1) is 6.61 Å². The van der Waals surface area contributed by atoms with E-state index in [1.54, 1.807) is 14.2 Å². The number of hydrogen-bond donors (Lipinski definition) is 1. The Balaban J connectivity index is 1.91. The van der Waals surface area contributed by atoms with Gasteiger partial charge >= 0.3 is 6.09 Å². The van der Waals surface area contributed by atoms with Crippen molar-refractivity contribution in [2.45, 2.75) is 37.3 Å². The van der Waals surface area contributed by atoms with Crippen LogP contribution in [0.15, 0.2) is 0 Å². The minimum Gasteiger partial charge on any atom is -0.448 e. The summed E-state index contributed by atoms with van der Waals surface area (Å²) in [7, 11) is 3.35. The number of fused-ring (bicyclic) bond motifs is 1. The first-order valence-corrected chi connectivity index (χ1v) is 6.32. The van der Waals surface area contributed by atoms with E-state index in [0.717, 1.165) is 26.0 Å². The smallest absolute Gasteiger partial charge is 0.406 e. The zero-order valence-electron chi connectivity index (χ0n) is 10.7. The third kappa shape index (κ3) is 2.40. The van der Waals surface area contributed by atoms with Gasteiger partial charge in [0.2, 0.25) is 0 Å². The molecule has 2 aliphatic heterocycles. The molecule has 5 nitrogen and oxygen atoms in total. The van der Waals surface area contributed by atoms with Gasteiger partial charge in [-0.25, -0.2) is 4.79 Å². The highest BCUT2D eigenvalue weighted by atomic mass is 16.5. The normalized spacial score (nSPS) is 32.5. The van der Waals surface area contributed by atoms with Crippen molar-refractivity contribution in [3.63, 3.8) is 0 Å². The van der Waals surface area contributed by atoms with Crippen molar-refractivity contribution in [1.29, 1.82) is 0 Å². The molecule has 1 unspecified atom stereocenters. The molecule has 0 spiro atoms. The predicted molar refractivity (Wildman–Crippen MR) is 64.0 cm³/mol. The lowest BCUT2D eigenvalue weighted by molar-refractivity contribution is 0.0331. The Labute approximate surface area is 102 Å². The highest BCUT2D eigenvalue weighted by molar-refractivity contribution is 5.66. The molecule has 2 saturated heterocycles. The van der Waals surface area contributed by atoms with E-state index in [-0.39, 0.29) is 11.6 Å². The summed E-state index contributed by atoms with van der Waals surface area (Å²) in [6.07, 6.45) is 4.34. The molecule has 2 aliphatic rings. The fraction of sp³-hybridized carbons (Fsp3) is 0.917. The lowest BCUT2D eigenvalue weighted by Gasteiger charge is -2.34. The molecule has 5 heteroatoms. The van der Waals surface area contributed by atoms with Gasteiger partial charge in [-0.05, 0) is 32.2 Å². The van der Waals surface area contributed by atoms with Crippen LogP contribution in [0.1, 0.15) is 25.7 Å². The van der Waals surface area contributed by atoms with E-state index in [0.29, 0.717) is 12.6 Å². The van der Waals surface area contributed by atoms with Crippen molar-refractivity contribution in [1.82, 2.24) is 10.2 Å². The van der Waals surface area contributed by atoms with Crippen molar-refractivity contribution >= 4 is 6.09 Å². The number of rotatable bonds is 4. The minimum atomic E-state index is -0.339. The summed E-state index contributed by atoms with van der Waals surface area (Å²) in [6.45, 7) is 2.39. The Morgan fingerprint density at radius 2 is 2.35 bits per heavy atom. The molecule has 0 aromatic rings. The van der Waals surface area contributed by atoms with Gasteiger partial charge < -0.3 is 14.8 Å². The quantitative estimate of drug-likeness (QED) is 0.798. The van der Waals surface area contributed by atoms with Crippen LogP contribution in [0.4, 0.5) is 4.79 Å². The minimum absolute atomic E-state index is 0.214. The molecule has 2 rings (SSSR count). The van der Waals surface area contributed by atoms with Gasteiger partial charge in [-0.2, -0.15) is 0 Å². The van der Waals surface area contributed by atoms with Gasteiger partial charge in [-0.3, -0.25) is 4.90 Å².